The first-order chi connectivity index (χ1) is 6.57. The molecule has 3 heteroatoms. The minimum Gasteiger partial charge on any atom is -0.331 e. The molecule has 0 unspecified atom stereocenters. The Labute approximate surface area is 92.1 Å². The van der Waals surface area contributed by atoms with Crippen molar-refractivity contribution < 1.29 is 0 Å². The second-order valence-electron chi connectivity index (χ2n) is 4.04. The zero-order valence-corrected chi connectivity index (χ0v) is 10.4. The third-order valence-corrected chi connectivity index (χ3v) is 2.90. The number of imidazole rings is 1. The van der Waals surface area contributed by atoms with Crippen LogP contribution in [0.1, 0.15) is 51.0 Å². The zero-order valence-electron chi connectivity index (χ0n) is 9.54. The molecule has 0 aliphatic rings. The number of thiol groups is 1. The lowest BCUT2D eigenvalue weighted by atomic mass is 10.2. The summed E-state index contributed by atoms with van der Waals surface area (Å²) >= 11 is 4.37. The van der Waals surface area contributed by atoms with Crippen molar-refractivity contribution in [1.29, 1.82) is 0 Å². The van der Waals surface area contributed by atoms with Gasteiger partial charge < -0.3 is 4.57 Å². The number of nitrogens with zero attached hydrogens (tertiary/aromatic N) is 2. The minimum atomic E-state index is 0.478. The highest BCUT2D eigenvalue weighted by atomic mass is 32.1. The molecule has 0 amide bonds. The van der Waals surface area contributed by atoms with Crippen molar-refractivity contribution >= 4 is 12.6 Å². The Bertz CT molecular complexity index is 302. The van der Waals surface area contributed by atoms with Crippen molar-refractivity contribution in [3.05, 3.63) is 11.5 Å². The van der Waals surface area contributed by atoms with Crippen LogP contribution in [0.25, 0.3) is 0 Å². The van der Waals surface area contributed by atoms with Gasteiger partial charge in [0.25, 0.3) is 0 Å². The van der Waals surface area contributed by atoms with Gasteiger partial charge in [-0.1, -0.05) is 27.2 Å². The molecule has 0 bridgehead atoms. The summed E-state index contributed by atoms with van der Waals surface area (Å²) in [5.74, 6) is 1.65. The zero-order chi connectivity index (χ0) is 10.7. The molecule has 1 aromatic rings. The Morgan fingerprint density at radius 3 is 2.57 bits per heavy atom. The highest BCUT2D eigenvalue weighted by Crippen LogP contribution is 2.21. The van der Waals surface area contributed by atoms with Gasteiger partial charge in [0.2, 0.25) is 0 Å². The van der Waals surface area contributed by atoms with Crippen molar-refractivity contribution in [2.75, 3.05) is 0 Å². The minimum absolute atomic E-state index is 0.478. The SMILES string of the molecule is CCCCn1c(C(C)C)nc(S)c1C. The number of hydrogen-bond acceptors (Lipinski definition) is 2. The van der Waals surface area contributed by atoms with Gasteiger partial charge in [-0.2, -0.15) is 0 Å². The maximum atomic E-state index is 4.49. The van der Waals surface area contributed by atoms with E-state index < -0.39 is 0 Å². The molecular weight excluding hydrogens is 192 g/mol. The lowest BCUT2D eigenvalue weighted by Gasteiger charge is -2.11. The van der Waals surface area contributed by atoms with Crippen LogP contribution >= 0.6 is 12.6 Å². The van der Waals surface area contributed by atoms with E-state index in [1.165, 1.54) is 24.4 Å². The van der Waals surface area contributed by atoms with E-state index in [1.807, 2.05) is 0 Å². The van der Waals surface area contributed by atoms with E-state index in [9.17, 15) is 0 Å². The topological polar surface area (TPSA) is 17.8 Å². The third-order valence-electron chi connectivity index (χ3n) is 2.48. The van der Waals surface area contributed by atoms with E-state index in [2.05, 4.69) is 49.9 Å². The van der Waals surface area contributed by atoms with Gasteiger partial charge in [-0.25, -0.2) is 4.98 Å². The van der Waals surface area contributed by atoms with E-state index in [0.29, 0.717) is 5.92 Å². The molecule has 0 aliphatic heterocycles. The first-order valence-corrected chi connectivity index (χ1v) is 5.78. The molecule has 0 N–H and O–H groups in total. The summed E-state index contributed by atoms with van der Waals surface area (Å²) in [6.45, 7) is 9.73. The first kappa shape index (κ1) is 11.6. The van der Waals surface area contributed by atoms with E-state index in [-0.39, 0.29) is 0 Å². The largest absolute Gasteiger partial charge is 0.331 e. The average Bonchev–Trinajstić information content (AvgIpc) is 2.41. The summed E-state index contributed by atoms with van der Waals surface area (Å²) in [6.07, 6.45) is 2.43. The standard InChI is InChI=1S/C11H20N2S/c1-5-6-7-13-9(4)11(14)12-10(13)8(2)3/h8,14H,5-7H2,1-4H3. The molecule has 0 saturated carbocycles. The Morgan fingerprint density at radius 1 is 1.43 bits per heavy atom. The molecule has 1 aromatic heterocycles. The van der Waals surface area contributed by atoms with Crippen LogP contribution in [0.2, 0.25) is 0 Å². The summed E-state index contributed by atoms with van der Waals surface area (Å²) in [5, 5.41) is 0.879. The van der Waals surface area contributed by atoms with Crippen molar-refractivity contribution in [3.63, 3.8) is 0 Å². The molecule has 0 atom stereocenters. The second kappa shape index (κ2) is 4.87. The van der Waals surface area contributed by atoms with Crippen LogP contribution in [0.4, 0.5) is 0 Å². The Hall–Kier alpha value is -0.440. The highest BCUT2D eigenvalue weighted by molar-refractivity contribution is 7.80. The fourth-order valence-corrected chi connectivity index (χ4v) is 1.80. The van der Waals surface area contributed by atoms with Crippen LogP contribution < -0.4 is 0 Å². The van der Waals surface area contributed by atoms with Gasteiger partial charge in [-0.15, -0.1) is 12.6 Å². The number of hydrogen-bond donors (Lipinski definition) is 1. The fraction of sp³-hybridized carbons (Fsp3) is 0.727. The monoisotopic (exact) mass is 212 g/mol. The molecule has 1 rings (SSSR count). The molecule has 0 fully saturated rings. The summed E-state index contributed by atoms with van der Waals surface area (Å²) in [5.41, 5.74) is 1.20. The van der Waals surface area contributed by atoms with Crippen LogP contribution in [0, 0.1) is 6.92 Å². The molecule has 14 heavy (non-hydrogen) atoms. The van der Waals surface area contributed by atoms with Gasteiger partial charge in [0, 0.05) is 18.2 Å². The summed E-state index contributed by atoms with van der Waals surface area (Å²) < 4.78 is 2.30. The van der Waals surface area contributed by atoms with Crippen LogP contribution in [-0.4, -0.2) is 9.55 Å². The van der Waals surface area contributed by atoms with Gasteiger partial charge in [0.1, 0.15) is 10.9 Å². The Kier molecular flexibility index (Phi) is 4.05. The quantitative estimate of drug-likeness (QED) is 0.757. The highest BCUT2D eigenvalue weighted by Gasteiger charge is 2.13. The average molecular weight is 212 g/mol. The lowest BCUT2D eigenvalue weighted by molar-refractivity contribution is 0.572. The maximum absolute atomic E-state index is 4.49. The second-order valence-corrected chi connectivity index (χ2v) is 4.46. The predicted molar refractivity (Wildman–Crippen MR) is 63.2 cm³/mol. The van der Waals surface area contributed by atoms with E-state index in [4.69, 9.17) is 0 Å². The Balaban J connectivity index is 2.97. The van der Waals surface area contributed by atoms with Crippen molar-refractivity contribution in [1.82, 2.24) is 9.55 Å². The first-order valence-electron chi connectivity index (χ1n) is 5.33. The molecular formula is C11H20N2S. The number of unbranched alkanes of at least 4 members (excludes halogenated alkanes) is 1. The molecule has 0 radical (unpaired) electrons. The number of rotatable bonds is 4. The number of aromatic nitrogens is 2. The van der Waals surface area contributed by atoms with Gasteiger partial charge in [-0.05, 0) is 13.3 Å². The fourth-order valence-electron chi connectivity index (χ4n) is 1.58. The van der Waals surface area contributed by atoms with E-state index in [0.717, 1.165) is 11.6 Å². The molecule has 0 spiro atoms. The van der Waals surface area contributed by atoms with Gasteiger partial charge in [0.15, 0.2) is 0 Å². The molecule has 0 aliphatic carbocycles. The Morgan fingerprint density at radius 2 is 2.07 bits per heavy atom. The maximum Gasteiger partial charge on any atom is 0.114 e. The summed E-state index contributed by atoms with van der Waals surface area (Å²) in [4.78, 5) is 4.49. The molecule has 0 saturated heterocycles. The van der Waals surface area contributed by atoms with Crippen LogP contribution in [0.15, 0.2) is 5.03 Å². The smallest absolute Gasteiger partial charge is 0.114 e. The van der Waals surface area contributed by atoms with Crippen molar-refractivity contribution in [2.24, 2.45) is 0 Å². The van der Waals surface area contributed by atoms with E-state index in [1.54, 1.807) is 0 Å². The molecule has 2 nitrogen and oxygen atoms in total. The molecule has 0 aromatic carbocycles. The molecule has 1 heterocycles. The van der Waals surface area contributed by atoms with Crippen LogP contribution in [0.3, 0.4) is 0 Å². The van der Waals surface area contributed by atoms with Gasteiger partial charge in [-0.3, -0.25) is 0 Å². The molecule has 80 valence electrons. The van der Waals surface area contributed by atoms with Crippen LogP contribution in [0.5, 0.6) is 0 Å². The predicted octanol–water partition coefficient (Wildman–Crippen LogP) is 3.40. The normalized spacial score (nSPS) is 11.3. The van der Waals surface area contributed by atoms with Gasteiger partial charge >= 0.3 is 0 Å². The van der Waals surface area contributed by atoms with Gasteiger partial charge in [0.05, 0.1) is 0 Å². The van der Waals surface area contributed by atoms with Crippen molar-refractivity contribution in [2.45, 2.75) is 58.0 Å². The van der Waals surface area contributed by atoms with Crippen LogP contribution in [-0.2, 0) is 6.54 Å². The lowest BCUT2D eigenvalue weighted by Crippen LogP contribution is -2.07. The third kappa shape index (κ3) is 2.32. The summed E-state index contributed by atoms with van der Waals surface area (Å²) in [6, 6.07) is 0. The van der Waals surface area contributed by atoms with Crippen molar-refractivity contribution in [3.8, 4) is 0 Å². The van der Waals surface area contributed by atoms with E-state index >= 15 is 0 Å². The summed E-state index contributed by atoms with van der Waals surface area (Å²) in [7, 11) is 0.